The molecule has 1 amide bonds. The monoisotopic (exact) mass is 296 g/mol. The average molecular weight is 296 g/mol. The molecule has 0 atom stereocenters. The van der Waals surface area contributed by atoms with E-state index in [-0.39, 0.29) is 5.91 Å². The fourth-order valence-corrected chi connectivity index (χ4v) is 2.11. The molecule has 2 heterocycles. The summed E-state index contributed by atoms with van der Waals surface area (Å²) in [5.41, 5.74) is 1.47. The lowest BCUT2D eigenvalue weighted by Crippen LogP contribution is -2.13. The van der Waals surface area contributed by atoms with Gasteiger partial charge in [-0.15, -0.1) is 0 Å². The lowest BCUT2D eigenvalue weighted by Gasteiger charge is -2.06. The van der Waals surface area contributed by atoms with Gasteiger partial charge in [0.25, 0.3) is 5.91 Å². The second-order valence-corrected chi connectivity index (χ2v) is 4.71. The molecule has 3 rings (SSSR count). The van der Waals surface area contributed by atoms with Crippen LogP contribution in [0.1, 0.15) is 16.1 Å². The molecular formula is C16H13FN4O. The predicted molar refractivity (Wildman–Crippen MR) is 80.4 cm³/mol. The zero-order valence-corrected chi connectivity index (χ0v) is 11.8. The van der Waals surface area contributed by atoms with E-state index in [9.17, 15) is 9.18 Å². The van der Waals surface area contributed by atoms with Crippen LogP contribution in [0, 0.1) is 12.7 Å². The molecule has 22 heavy (non-hydrogen) atoms. The fraction of sp³-hybridized carbons (Fsp3) is 0.0625. The molecule has 110 valence electrons. The highest BCUT2D eigenvalue weighted by atomic mass is 19.1. The molecule has 0 bridgehead atoms. The van der Waals surface area contributed by atoms with Gasteiger partial charge in [0.2, 0.25) is 0 Å². The van der Waals surface area contributed by atoms with Crippen LogP contribution in [0.2, 0.25) is 0 Å². The minimum absolute atomic E-state index is 0.342. The first kappa shape index (κ1) is 13.9. The molecule has 0 saturated heterocycles. The molecule has 0 unspecified atom stereocenters. The Morgan fingerprint density at radius 1 is 1.23 bits per heavy atom. The molecule has 6 heteroatoms. The molecule has 2 aromatic heterocycles. The highest BCUT2D eigenvalue weighted by Gasteiger charge is 2.15. The summed E-state index contributed by atoms with van der Waals surface area (Å²) in [4.78, 5) is 16.5. The number of rotatable bonds is 3. The lowest BCUT2D eigenvalue weighted by atomic mass is 10.2. The van der Waals surface area contributed by atoms with Crippen molar-refractivity contribution in [3.8, 4) is 5.82 Å². The van der Waals surface area contributed by atoms with Gasteiger partial charge in [-0.2, -0.15) is 5.10 Å². The van der Waals surface area contributed by atoms with Crippen molar-refractivity contribution >= 4 is 11.6 Å². The lowest BCUT2D eigenvalue weighted by molar-refractivity contribution is 0.102. The quantitative estimate of drug-likeness (QED) is 0.808. The van der Waals surface area contributed by atoms with E-state index in [0.29, 0.717) is 22.8 Å². The Labute approximate surface area is 126 Å². The van der Waals surface area contributed by atoms with Crippen LogP contribution in [0.25, 0.3) is 5.82 Å². The predicted octanol–water partition coefficient (Wildman–Crippen LogP) is 2.97. The van der Waals surface area contributed by atoms with E-state index in [1.165, 1.54) is 24.4 Å². The zero-order valence-electron chi connectivity index (χ0n) is 11.8. The second kappa shape index (κ2) is 5.77. The Balaban J connectivity index is 1.87. The van der Waals surface area contributed by atoms with Crippen LogP contribution in [-0.4, -0.2) is 20.7 Å². The van der Waals surface area contributed by atoms with Gasteiger partial charge in [-0.25, -0.2) is 14.1 Å². The third-order valence-electron chi connectivity index (χ3n) is 3.20. The number of benzene rings is 1. The fourth-order valence-electron chi connectivity index (χ4n) is 2.11. The van der Waals surface area contributed by atoms with Gasteiger partial charge in [-0.1, -0.05) is 12.1 Å². The van der Waals surface area contributed by atoms with E-state index in [1.807, 2.05) is 6.07 Å². The summed E-state index contributed by atoms with van der Waals surface area (Å²) in [6.07, 6.45) is 3.13. The van der Waals surface area contributed by atoms with Gasteiger partial charge in [0.1, 0.15) is 5.82 Å². The van der Waals surface area contributed by atoms with Gasteiger partial charge in [0.15, 0.2) is 5.82 Å². The number of carbonyl (C=O) groups excluding carboxylic acids is 1. The maximum absolute atomic E-state index is 13.1. The minimum atomic E-state index is -0.404. The number of halogens is 1. The van der Waals surface area contributed by atoms with Crippen LogP contribution >= 0.6 is 0 Å². The molecule has 3 aromatic rings. The SMILES string of the molecule is Cc1c(C(=O)Nc2cccc(F)c2)cnn1-c1ccccn1. The van der Waals surface area contributed by atoms with Gasteiger partial charge in [-0.3, -0.25) is 4.79 Å². The van der Waals surface area contributed by atoms with E-state index in [1.54, 1.807) is 36.0 Å². The summed E-state index contributed by atoms with van der Waals surface area (Å²) in [6, 6.07) is 11.2. The average Bonchev–Trinajstić information content (AvgIpc) is 2.90. The van der Waals surface area contributed by atoms with Crippen molar-refractivity contribution in [2.24, 2.45) is 0 Å². The third-order valence-corrected chi connectivity index (χ3v) is 3.20. The molecule has 0 radical (unpaired) electrons. The molecular weight excluding hydrogens is 283 g/mol. The number of hydrogen-bond donors (Lipinski definition) is 1. The number of aromatic nitrogens is 3. The van der Waals surface area contributed by atoms with Crippen molar-refractivity contribution in [2.75, 3.05) is 5.32 Å². The van der Waals surface area contributed by atoms with Crippen molar-refractivity contribution in [3.05, 3.63) is 71.9 Å². The molecule has 0 aliphatic rings. The van der Waals surface area contributed by atoms with E-state index in [0.717, 1.165) is 0 Å². The van der Waals surface area contributed by atoms with E-state index in [4.69, 9.17) is 0 Å². The molecule has 5 nitrogen and oxygen atoms in total. The largest absolute Gasteiger partial charge is 0.322 e. The van der Waals surface area contributed by atoms with Gasteiger partial charge >= 0.3 is 0 Å². The molecule has 0 spiro atoms. The van der Waals surface area contributed by atoms with Crippen molar-refractivity contribution in [1.82, 2.24) is 14.8 Å². The molecule has 0 saturated carbocycles. The van der Waals surface area contributed by atoms with Crippen LogP contribution in [-0.2, 0) is 0 Å². The Morgan fingerprint density at radius 2 is 2.09 bits per heavy atom. The number of anilines is 1. The summed E-state index contributed by atoms with van der Waals surface area (Å²) in [6.45, 7) is 1.78. The normalized spacial score (nSPS) is 10.5. The van der Waals surface area contributed by atoms with E-state index < -0.39 is 5.82 Å². The second-order valence-electron chi connectivity index (χ2n) is 4.71. The van der Waals surface area contributed by atoms with E-state index in [2.05, 4.69) is 15.4 Å². The van der Waals surface area contributed by atoms with Crippen molar-refractivity contribution in [1.29, 1.82) is 0 Å². The molecule has 0 aliphatic carbocycles. The number of carbonyl (C=O) groups is 1. The third kappa shape index (κ3) is 2.71. The van der Waals surface area contributed by atoms with Gasteiger partial charge in [-0.05, 0) is 37.3 Å². The Hall–Kier alpha value is -3.02. The first-order chi connectivity index (χ1) is 10.6. The van der Waals surface area contributed by atoms with Gasteiger partial charge in [0.05, 0.1) is 17.5 Å². The topological polar surface area (TPSA) is 59.8 Å². The Kier molecular flexibility index (Phi) is 3.65. The smallest absolute Gasteiger partial charge is 0.259 e. The number of nitrogens with one attached hydrogen (secondary N) is 1. The summed E-state index contributed by atoms with van der Waals surface area (Å²) in [5.74, 6) is -0.117. The molecule has 1 aromatic carbocycles. The van der Waals surface area contributed by atoms with Crippen molar-refractivity contribution in [2.45, 2.75) is 6.92 Å². The summed E-state index contributed by atoms with van der Waals surface area (Å²) >= 11 is 0. The number of hydrogen-bond acceptors (Lipinski definition) is 3. The number of nitrogens with zero attached hydrogens (tertiary/aromatic N) is 3. The molecule has 1 N–H and O–H groups in total. The van der Waals surface area contributed by atoms with Crippen LogP contribution in [0.5, 0.6) is 0 Å². The summed E-state index contributed by atoms with van der Waals surface area (Å²) in [5, 5.41) is 6.84. The van der Waals surface area contributed by atoms with Gasteiger partial charge < -0.3 is 5.32 Å². The summed E-state index contributed by atoms with van der Waals surface area (Å²) in [7, 11) is 0. The summed E-state index contributed by atoms with van der Waals surface area (Å²) < 4.78 is 14.7. The maximum Gasteiger partial charge on any atom is 0.259 e. The first-order valence-corrected chi connectivity index (χ1v) is 6.68. The minimum Gasteiger partial charge on any atom is -0.322 e. The molecule has 0 fully saturated rings. The first-order valence-electron chi connectivity index (χ1n) is 6.68. The number of pyridine rings is 1. The highest BCUT2D eigenvalue weighted by Crippen LogP contribution is 2.15. The van der Waals surface area contributed by atoms with Crippen LogP contribution in [0.4, 0.5) is 10.1 Å². The highest BCUT2D eigenvalue weighted by molar-refractivity contribution is 6.04. The standard InChI is InChI=1S/C16H13FN4O/c1-11-14(10-19-21(11)15-7-2-3-8-18-15)16(22)20-13-6-4-5-12(17)9-13/h2-10H,1H3,(H,20,22). The van der Waals surface area contributed by atoms with E-state index >= 15 is 0 Å². The zero-order chi connectivity index (χ0) is 15.5. The Morgan fingerprint density at radius 3 is 2.82 bits per heavy atom. The van der Waals surface area contributed by atoms with Crippen LogP contribution < -0.4 is 5.32 Å². The van der Waals surface area contributed by atoms with Crippen molar-refractivity contribution in [3.63, 3.8) is 0 Å². The number of amides is 1. The maximum atomic E-state index is 13.1. The Bertz CT molecular complexity index is 814. The molecule has 0 aliphatic heterocycles. The van der Waals surface area contributed by atoms with Crippen molar-refractivity contribution < 1.29 is 9.18 Å². The van der Waals surface area contributed by atoms with Crippen LogP contribution in [0.3, 0.4) is 0 Å². The van der Waals surface area contributed by atoms with Crippen LogP contribution in [0.15, 0.2) is 54.9 Å². The van der Waals surface area contributed by atoms with Gasteiger partial charge in [0, 0.05) is 11.9 Å².